The lowest BCUT2D eigenvalue weighted by Crippen LogP contribution is -2.30. The van der Waals surface area contributed by atoms with Gasteiger partial charge >= 0.3 is 5.69 Å². The number of aromatic amines is 1. The second-order valence-corrected chi connectivity index (χ2v) is 10.00. The third kappa shape index (κ3) is 3.40. The summed E-state index contributed by atoms with van der Waals surface area (Å²) in [5.74, 6) is 1.10. The maximum Gasteiger partial charge on any atom is 0.330 e. The van der Waals surface area contributed by atoms with Gasteiger partial charge in [0.2, 0.25) is 0 Å². The molecule has 3 aromatic heterocycles. The van der Waals surface area contributed by atoms with Crippen molar-refractivity contribution >= 4 is 22.6 Å². The number of hydrogen-bond donors (Lipinski definition) is 1. The first-order chi connectivity index (χ1) is 14.7. The summed E-state index contributed by atoms with van der Waals surface area (Å²) >= 11 is 0. The predicted molar refractivity (Wildman–Crippen MR) is 118 cm³/mol. The number of nitrogens with one attached hydrogen (secondary N) is 1. The molecule has 1 fully saturated rings. The summed E-state index contributed by atoms with van der Waals surface area (Å²) in [5.41, 5.74) is 3.70. The van der Waals surface area contributed by atoms with Crippen molar-refractivity contribution in [3.63, 3.8) is 0 Å². The van der Waals surface area contributed by atoms with Crippen LogP contribution < -0.4 is 5.69 Å². The molecule has 0 spiro atoms. The van der Waals surface area contributed by atoms with Crippen LogP contribution in [-0.4, -0.2) is 48.0 Å². The van der Waals surface area contributed by atoms with E-state index in [-0.39, 0.29) is 17.0 Å². The summed E-state index contributed by atoms with van der Waals surface area (Å²) in [5, 5.41) is 0. The first-order valence-electron chi connectivity index (χ1n) is 10.8. The summed E-state index contributed by atoms with van der Waals surface area (Å²) in [7, 11) is 1.79. The Bertz CT molecular complexity index is 1240. The van der Waals surface area contributed by atoms with Crippen LogP contribution in [0, 0.1) is 17.3 Å². The van der Waals surface area contributed by atoms with Crippen LogP contribution in [0.1, 0.15) is 43.5 Å². The fraction of sp³-hybridized carbons (Fsp3) is 0.478. The Labute approximate surface area is 180 Å². The minimum atomic E-state index is -0.0379. The van der Waals surface area contributed by atoms with Crippen LogP contribution in [0.2, 0.25) is 0 Å². The number of allylic oxidation sites excluding steroid dienone is 1. The number of likely N-dealkylation sites (tertiary alicyclic amines) is 1. The monoisotopic (exact) mass is 420 g/mol. The van der Waals surface area contributed by atoms with Crippen molar-refractivity contribution in [1.29, 1.82) is 0 Å². The molecule has 8 nitrogen and oxygen atoms in total. The minimum Gasteiger partial charge on any atom is -0.341 e. The number of amides is 1. The lowest BCUT2D eigenvalue weighted by molar-refractivity contribution is 0.0774. The minimum absolute atomic E-state index is 0.00115. The standard InChI is InChI=1S/C23H28N6O2/c1-23(2,3)13-29-18-6-5-17(26-20(18)27(4)22(29)31)14-9-15-11-28(12-16(15)10-14)21(30)19-24-7-8-25-19/h5-9,15-16H,10-13H2,1-4H3,(H,24,25). The van der Waals surface area contributed by atoms with Crippen LogP contribution in [0.25, 0.3) is 16.7 Å². The number of carbonyl (C=O) groups excluding carboxylic acids is 1. The van der Waals surface area contributed by atoms with E-state index in [4.69, 9.17) is 4.98 Å². The molecule has 8 heteroatoms. The van der Waals surface area contributed by atoms with Gasteiger partial charge in [0.15, 0.2) is 11.5 Å². The molecule has 1 amide bonds. The zero-order valence-electron chi connectivity index (χ0n) is 18.4. The second-order valence-electron chi connectivity index (χ2n) is 10.00. The average Bonchev–Trinajstić information content (AvgIpc) is 3.48. The summed E-state index contributed by atoms with van der Waals surface area (Å²) in [4.78, 5) is 39.1. The molecule has 2 atom stereocenters. The fourth-order valence-corrected chi connectivity index (χ4v) is 4.88. The van der Waals surface area contributed by atoms with E-state index < -0.39 is 0 Å². The summed E-state index contributed by atoms with van der Waals surface area (Å²) < 4.78 is 3.46. The van der Waals surface area contributed by atoms with Crippen LogP contribution in [0.5, 0.6) is 0 Å². The molecule has 2 unspecified atom stereocenters. The number of carbonyl (C=O) groups is 1. The Morgan fingerprint density at radius 1 is 1.26 bits per heavy atom. The van der Waals surface area contributed by atoms with Crippen LogP contribution in [-0.2, 0) is 13.6 Å². The third-order valence-electron chi connectivity index (χ3n) is 6.32. The summed E-state index contributed by atoms with van der Waals surface area (Å²) in [6, 6.07) is 4.05. The van der Waals surface area contributed by atoms with E-state index in [2.05, 4.69) is 36.8 Å². The lowest BCUT2D eigenvalue weighted by atomic mass is 9.97. The van der Waals surface area contributed by atoms with Crippen molar-refractivity contribution in [2.24, 2.45) is 24.3 Å². The highest BCUT2D eigenvalue weighted by Gasteiger charge is 2.39. The number of imidazole rings is 2. The zero-order chi connectivity index (χ0) is 21.9. The van der Waals surface area contributed by atoms with Crippen LogP contribution in [0.3, 0.4) is 0 Å². The molecule has 1 aliphatic carbocycles. The van der Waals surface area contributed by atoms with Gasteiger partial charge in [0.25, 0.3) is 5.91 Å². The average molecular weight is 421 g/mol. The molecule has 3 aromatic rings. The number of pyridine rings is 1. The molecule has 0 radical (unpaired) electrons. The van der Waals surface area contributed by atoms with Gasteiger partial charge in [0.05, 0.1) is 11.2 Å². The third-order valence-corrected chi connectivity index (χ3v) is 6.32. The number of fused-ring (bicyclic) bond motifs is 2. The van der Waals surface area contributed by atoms with Gasteiger partial charge in [-0.3, -0.25) is 13.9 Å². The number of nitrogens with zero attached hydrogens (tertiary/aromatic N) is 5. The van der Waals surface area contributed by atoms with Gasteiger partial charge < -0.3 is 9.88 Å². The molecule has 1 aliphatic heterocycles. The van der Waals surface area contributed by atoms with E-state index in [1.807, 2.05) is 21.6 Å². The fourth-order valence-electron chi connectivity index (χ4n) is 4.88. The highest BCUT2D eigenvalue weighted by molar-refractivity contribution is 5.91. The first-order valence-corrected chi connectivity index (χ1v) is 10.8. The van der Waals surface area contributed by atoms with Gasteiger partial charge in [-0.25, -0.2) is 14.8 Å². The number of hydrogen-bond acceptors (Lipinski definition) is 4. The predicted octanol–water partition coefficient (Wildman–Crippen LogP) is 2.68. The van der Waals surface area contributed by atoms with E-state index in [9.17, 15) is 9.59 Å². The summed E-state index contributed by atoms with van der Waals surface area (Å²) in [6.45, 7) is 8.46. The van der Waals surface area contributed by atoms with Gasteiger partial charge in [-0.2, -0.15) is 0 Å². The quantitative estimate of drug-likeness (QED) is 0.706. The Morgan fingerprint density at radius 3 is 2.74 bits per heavy atom. The molecular formula is C23H28N6O2. The molecule has 1 N–H and O–H groups in total. The van der Waals surface area contributed by atoms with Gasteiger partial charge in [-0.05, 0) is 41.4 Å². The molecule has 0 saturated carbocycles. The van der Waals surface area contributed by atoms with Gasteiger partial charge in [0.1, 0.15) is 0 Å². The molecule has 162 valence electrons. The highest BCUT2D eigenvalue weighted by atomic mass is 16.2. The first kappa shape index (κ1) is 19.8. The van der Waals surface area contributed by atoms with E-state index in [0.29, 0.717) is 30.7 Å². The zero-order valence-corrected chi connectivity index (χ0v) is 18.4. The molecule has 1 saturated heterocycles. The number of H-pyrrole nitrogens is 1. The van der Waals surface area contributed by atoms with Crippen molar-refractivity contribution in [3.8, 4) is 0 Å². The molecule has 31 heavy (non-hydrogen) atoms. The van der Waals surface area contributed by atoms with E-state index >= 15 is 0 Å². The van der Waals surface area contributed by atoms with Crippen LogP contribution in [0.4, 0.5) is 0 Å². The molecular weight excluding hydrogens is 392 g/mol. The van der Waals surface area contributed by atoms with Crippen LogP contribution >= 0.6 is 0 Å². The van der Waals surface area contributed by atoms with Gasteiger partial charge in [-0.1, -0.05) is 26.8 Å². The lowest BCUT2D eigenvalue weighted by Gasteiger charge is -2.18. The SMILES string of the molecule is Cn1c(=O)n(CC(C)(C)C)c2ccc(C3=CC4CN(C(=O)c5ncc[nH]5)CC4C3)nc21. The largest absolute Gasteiger partial charge is 0.341 e. The Balaban J connectivity index is 1.40. The van der Waals surface area contributed by atoms with Crippen molar-refractivity contribution in [2.45, 2.75) is 33.7 Å². The van der Waals surface area contributed by atoms with Crippen molar-refractivity contribution in [2.75, 3.05) is 13.1 Å². The molecule has 2 aliphatic rings. The van der Waals surface area contributed by atoms with Crippen molar-refractivity contribution in [3.05, 3.63) is 52.6 Å². The maximum absolute atomic E-state index is 12.8. The van der Waals surface area contributed by atoms with E-state index in [1.54, 1.807) is 24.0 Å². The van der Waals surface area contributed by atoms with E-state index in [1.165, 1.54) is 5.57 Å². The number of aromatic nitrogens is 5. The maximum atomic E-state index is 12.8. The second kappa shape index (κ2) is 6.93. The molecule has 0 aromatic carbocycles. The molecule has 5 rings (SSSR count). The Hall–Kier alpha value is -3.16. The number of rotatable bonds is 3. The normalized spacial score (nSPS) is 21.0. The van der Waals surface area contributed by atoms with Gasteiger partial charge in [0, 0.05) is 39.1 Å². The molecule has 0 bridgehead atoms. The summed E-state index contributed by atoms with van der Waals surface area (Å²) in [6.07, 6.45) is 6.43. The van der Waals surface area contributed by atoms with Crippen LogP contribution in [0.15, 0.2) is 35.4 Å². The molecule has 4 heterocycles. The highest BCUT2D eigenvalue weighted by Crippen LogP contribution is 2.41. The van der Waals surface area contributed by atoms with E-state index in [0.717, 1.165) is 29.8 Å². The van der Waals surface area contributed by atoms with Crippen molar-refractivity contribution < 1.29 is 4.79 Å². The Morgan fingerprint density at radius 2 is 2.06 bits per heavy atom. The number of aryl methyl sites for hydroxylation is 1. The van der Waals surface area contributed by atoms with Gasteiger partial charge in [-0.15, -0.1) is 0 Å². The smallest absolute Gasteiger partial charge is 0.330 e. The van der Waals surface area contributed by atoms with Crippen molar-refractivity contribution in [1.82, 2.24) is 29.0 Å². The topological polar surface area (TPSA) is 88.8 Å². The Kier molecular flexibility index (Phi) is 4.42.